The molecule has 1 aliphatic rings. The van der Waals surface area contributed by atoms with Crippen molar-refractivity contribution in [1.82, 2.24) is 9.55 Å². The van der Waals surface area contributed by atoms with Crippen LogP contribution in [0.25, 0.3) is 0 Å². The van der Waals surface area contributed by atoms with Crippen LogP contribution in [0, 0.1) is 12.8 Å². The van der Waals surface area contributed by atoms with Crippen LogP contribution in [0.2, 0.25) is 0 Å². The third kappa shape index (κ3) is 7.16. The Morgan fingerprint density at radius 1 is 1.26 bits per heavy atom. The molecule has 1 N–H and O–H groups in total. The molecule has 0 unspecified atom stereocenters. The van der Waals surface area contributed by atoms with Crippen molar-refractivity contribution < 1.29 is 32.6 Å². The number of rotatable bonds is 10. The largest absolute Gasteiger partial charge is 0.463 e. The fraction of sp³-hybridized carbons (Fsp3) is 0.522. The predicted octanol–water partition coefficient (Wildman–Crippen LogP) is 3.74. The van der Waals surface area contributed by atoms with E-state index in [4.69, 9.17) is 13.8 Å². The molecule has 12 heteroatoms. The van der Waals surface area contributed by atoms with Gasteiger partial charge in [-0.25, -0.2) is 13.8 Å². The van der Waals surface area contributed by atoms with E-state index in [-0.39, 0.29) is 24.6 Å². The summed E-state index contributed by atoms with van der Waals surface area (Å²) in [5.74, 6) is -1.07. The van der Waals surface area contributed by atoms with E-state index in [0.29, 0.717) is 5.69 Å². The molecule has 2 aromatic rings. The van der Waals surface area contributed by atoms with Crippen LogP contribution in [0.15, 0.2) is 47.4 Å². The maximum Gasteiger partial charge on any atom is 0.380 e. The Kier molecular flexibility index (Phi) is 9.15. The summed E-state index contributed by atoms with van der Waals surface area (Å²) in [5.41, 5.74) is -0.135. The number of nitrogens with zero attached hydrogens (tertiary/aromatic N) is 2. The minimum Gasteiger partial charge on any atom is -0.463 e. The predicted molar refractivity (Wildman–Crippen MR) is 130 cm³/mol. The van der Waals surface area contributed by atoms with Crippen molar-refractivity contribution in [3.05, 3.63) is 58.8 Å². The molecule has 35 heavy (non-hydrogen) atoms. The van der Waals surface area contributed by atoms with Gasteiger partial charge in [0, 0.05) is 11.9 Å². The molecule has 0 spiro atoms. The first-order valence-electron chi connectivity index (χ1n) is 11.2. The summed E-state index contributed by atoms with van der Waals surface area (Å²) < 4.78 is 46.3. The van der Waals surface area contributed by atoms with Gasteiger partial charge in [-0.05, 0) is 39.0 Å². The number of halogens is 1. The topological polar surface area (TPSA) is 117 Å². The molecule has 1 aliphatic heterocycles. The Balaban J connectivity index is 1.75. The van der Waals surface area contributed by atoms with Crippen molar-refractivity contribution in [1.29, 1.82) is 0 Å². The van der Waals surface area contributed by atoms with E-state index in [1.54, 1.807) is 64.1 Å². The van der Waals surface area contributed by atoms with E-state index in [9.17, 15) is 23.7 Å². The van der Waals surface area contributed by atoms with Crippen LogP contribution in [0.5, 0.6) is 5.75 Å². The third-order valence-electron chi connectivity index (χ3n) is 5.21. The van der Waals surface area contributed by atoms with Crippen molar-refractivity contribution in [3.63, 3.8) is 0 Å². The first-order valence-corrected chi connectivity index (χ1v) is 13.9. The molecule has 0 aliphatic carbocycles. The highest BCUT2D eigenvalue weighted by molar-refractivity contribution is 8.00. The van der Waals surface area contributed by atoms with Gasteiger partial charge in [0.25, 0.3) is 0 Å². The Bertz CT molecular complexity index is 1120. The maximum absolute atomic E-state index is 14.9. The summed E-state index contributed by atoms with van der Waals surface area (Å²) in [5, 5.41) is 8.62. The maximum atomic E-state index is 14.9. The number of thioether (sulfide) groups is 1. The molecule has 1 fully saturated rings. The monoisotopic (exact) mass is 528 g/mol. The lowest BCUT2D eigenvalue weighted by atomic mass is 10.1. The molecule has 0 amide bonds. The van der Waals surface area contributed by atoms with Crippen molar-refractivity contribution in [2.75, 3.05) is 12.8 Å². The van der Waals surface area contributed by atoms with Crippen LogP contribution >= 0.6 is 19.4 Å². The number of hydrogen-bond acceptors (Lipinski definition) is 9. The van der Waals surface area contributed by atoms with E-state index in [2.05, 4.69) is 4.98 Å². The van der Waals surface area contributed by atoms with Gasteiger partial charge >= 0.3 is 19.3 Å². The zero-order valence-electron chi connectivity index (χ0n) is 19.9. The van der Waals surface area contributed by atoms with Crippen molar-refractivity contribution in [2.45, 2.75) is 56.7 Å². The van der Waals surface area contributed by atoms with E-state index in [1.165, 1.54) is 6.20 Å². The summed E-state index contributed by atoms with van der Waals surface area (Å²) in [4.78, 5) is 28.3. The summed E-state index contributed by atoms with van der Waals surface area (Å²) in [6.45, 7) is 6.29. The van der Waals surface area contributed by atoms with Gasteiger partial charge < -0.3 is 14.4 Å². The number of alkyl halides is 1. The van der Waals surface area contributed by atoms with Crippen LogP contribution in [0.3, 0.4) is 0 Å². The average Bonchev–Trinajstić information content (AvgIpc) is 3.06. The Hall–Kier alpha value is -2.20. The normalized spacial score (nSPS) is 24.7. The van der Waals surface area contributed by atoms with Gasteiger partial charge in [-0.3, -0.25) is 13.9 Å². The molecular formula is C23H30FN2O7PS. The molecule has 0 bridgehead atoms. The summed E-state index contributed by atoms with van der Waals surface area (Å²) in [7, 11) is -3.93. The van der Waals surface area contributed by atoms with Crippen molar-refractivity contribution >= 4 is 25.3 Å². The lowest BCUT2D eigenvalue weighted by Gasteiger charge is -2.24. The molecule has 1 aromatic carbocycles. The average molecular weight is 529 g/mol. The number of carbonyl (C=O) groups is 1. The molecule has 0 saturated carbocycles. The SMILES string of the molecule is Cc1ccn([C@@H]2S[C@H](CO[P@@](=O)(C[C@@H](C)C(=O)OC(C)C)Oc3ccccc3)[C@@H](O)[C@@H]2F)c(=O)n1. The molecule has 1 aromatic heterocycles. The highest BCUT2D eigenvalue weighted by Crippen LogP contribution is 2.52. The molecule has 0 radical (unpaired) electrons. The van der Waals surface area contributed by atoms with Crippen LogP contribution in [-0.4, -0.2) is 57.0 Å². The number of ether oxygens (including phenoxy) is 1. The number of benzene rings is 1. The second-order valence-corrected chi connectivity index (χ2v) is 12.0. The quantitative estimate of drug-likeness (QED) is 0.364. The molecule has 1 saturated heterocycles. The lowest BCUT2D eigenvalue weighted by molar-refractivity contribution is -0.151. The van der Waals surface area contributed by atoms with Gasteiger partial charge in [0.15, 0.2) is 6.17 Å². The van der Waals surface area contributed by atoms with Crippen LogP contribution < -0.4 is 10.2 Å². The number of aryl methyl sites for hydroxylation is 1. The smallest absolute Gasteiger partial charge is 0.380 e. The van der Waals surface area contributed by atoms with E-state index in [0.717, 1.165) is 16.3 Å². The van der Waals surface area contributed by atoms with Crippen molar-refractivity contribution in [2.24, 2.45) is 5.92 Å². The van der Waals surface area contributed by atoms with Gasteiger partial charge in [0.1, 0.15) is 17.2 Å². The highest BCUT2D eigenvalue weighted by atomic mass is 32.2. The van der Waals surface area contributed by atoms with Gasteiger partial charge in [-0.1, -0.05) is 25.1 Å². The van der Waals surface area contributed by atoms with Gasteiger partial charge in [0.2, 0.25) is 0 Å². The first kappa shape index (κ1) is 27.4. The lowest BCUT2D eigenvalue weighted by Crippen LogP contribution is -2.33. The molecule has 9 nitrogen and oxygen atoms in total. The number of aromatic nitrogens is 2. The van der Waals surface area contributed by atoms with E-state index < -0.39 is 48.1 Å². The number of carbonyl (C=O) groups excluding carboxylic acids is 1. The zero-order valence-corrected chi connectivity index (χ0v) is 21.7. The highest BCUT2D eigenvalue weighted by Gasteiger charge is 2.46. The summed E-state index contributed by atoms with van der Waals surface area (Å²) >= 11 is 0.985. The molecular weight excluding hydrogens is 498 g/mol. The standard InChI is InChI=1S/C23H30FN2O7PS/c1-14(2)32-22(28)15(3)13-34(30,33-17-8-6-5-7-9-17)31-12-18-20(27)19(24)21(35-18)26-11-10-16(4)25-23(26)29/h5-11,14-15,18-21,27H,12-13H2,1-4H3/t15-,18-,19+,20-,21-,34+/m1/s1. The molecule has 6 atom stereocenters. The van der Waals surface area contributed by atoms with Crippen LogP contribution in [-0.2, 0) is 18.6 Å². The molecule has 192 valence electrons. The Morgan fingerprint density at radius 3 is 2.57 bits per heavy atom. The van der Waals surface area contributed by atoms with Gasteiger partial charge in [-0.2, -0.15) is 4.98 Å². The first-order chi connectivity index (χ1) is 16.5. The second kappa shape index (κ2) is 11.7. The van der Waals surface area contributed by atoms with Crippen LogP contribution in [0.4, 0.5) is 4.39 Å². The van der Waals surface area contributed by atoms with Gasteiger partial charge in [0.05, 0.1) is 30.0 Å². The van der Waals surface area contributed by atoms with E-state index >= 15 is 0 Å². The second-order valence-electron chi connectivity index (χ2n) is 8.64. The number of hydrogen-bond donors (Lipinski definition) is 1. The van der Waals surface area contributed by atoms with Gasteiger partial charge in [-0.15, -0.1) is 11.8 Å². The fourth-order valence-electron chi connectivity index (χ4n) is 3.46. The summed E-state index contributed by atoms with van der Waals surface area (Å²) in [6.07, 6.45) is -2.44. The summed E-state index contributed by atoms with van der Waals surface area (Å²) in [6, 6.07) is 9.91. The third-order valence-corrected chi connectivity index (χ3v) is 8.77. The number of esters is 1. The molecule has 2 heterocycles. The number of para-hydroxylation sites is 1. The minimum atomic E-state index is -3.93. The van der Waals surface area contributed by atoms with E-state index in [1.807, 2.05) is 0 Å². The molecule has 3 rings (SSSR count). The van der Waals surface area contributed by atoms with Crippen molar-refractivity contribution in [3.8, 4) is 5.75 Å². The fourth-order valence-corrected chi connectivity index (χ4v) is 6.86. The number of aliphatic hydroxyl groups is 1. The number of aliphatic hydroxyl groups excluding tert-OH is 1. The van der Waals surface area contributed by atoms with Crippen LogP contribution in [0.1, 0.15) is 31.8 Å². The zero-order chi connectivity index (χ0) is 25.8. The Morgan fingerprint density at radius 2 is 1.94 bits per heavy atom. The Labute approximate surface area is 207 Å². The minimum absolute atomic E-state index is 0.273.